The van der Waals surface area contributed by atoms with E-state index in [-0.39, 0.29) is 17.7 Å². The Hall–Kier alpha value is -4.50. The Kier molecular flexibility index (Phi) is 7.19. The van der Waals surface area contributed by atoms with Crippen LogP contribution in [-0.4, -0.2) is 44.1 Å². The van der Waals surface area contributed by atoms with Gasteiger partial charge in [0, 0.05) is 53.6 Å². The summed E-state index contributed by atoms with van der Waals surface area (Å²) in [5.41, 5.74) is 4.86. The van der Waals surface area contributed by atoms with E-state index in [1.807, 2.05) is 17.0 Å². The lowest BCUT2D eigenvalue weighted by Crippen LogP contribution is -2.41. The summed E-state index contributed by atoms with van der Waals surface area (Å²) in [6.07, 6.45) is 6.28. The number of anilines is 2. The largest absolute Gasteiger partial charge is 0.348 e. The van der Waals surface area contributed by atoms with E-state index in [1.165, 1.54) is 6.92 Å². The number of carbonyl (C=O) groups excluding carboxylic acids is 3. The molecule has 0 spiro atoms. The summed E-state index contributed by atoms with van der Waals surface area (Å²) in [4.78, 5) is 51.0. The number of amides is 3. The topological polar surface area (TPSA) is 120 Å². The van der Waals surface area contributed by atoms with Crippen molar-refractivity contribution in [1.29, 1.82) is 0 Å². The molecule has 1 aliphatic rings. The summed E-state index contributed by atoms with van der Waals surface area (Å²) in [5, 5.41) is 5.93. The van der Waals surface area contributed by atoms with Crippen molar-refractivity contribution in [2.45, 2.75) is 25.8 Å². The van der Waals surface area contributed by atoms with Gasteiger partial charge in [0.2, 0.25) is 0 Å². The monoisotopic (exact) mass is 528 g/mol. The Balaban J connectivity index is 1.35. The molecule has 5 rings (SSSR count). The van der Waals surface area contributed by atoms with Gasteiger partial charge in [-0.05, 0) is 66.9 Å². The molecule has 10 heteroatoms. The number of pyridine rings is 1. The van der Waals surface area contributed by atoms with Crippen LogP contribution in [0.25, 0.3) is 0 Å². The number of hydrogen-bond acceptors (Lipinski definition) is 5. The van der Waals surface area contributed by atoms with Crippen LogP contribution in [0.5, 0.6) is 0 Å². The second kappa shape index (κ2) is 10.9. The molecular weight excluding hydrogens is 504 g/mol. The predicted molar refractivity (Wildman–Crippen MR) is 145 cm³/mol. The fraction of sp³-hybridized carbons (Fsp3) is 0.179. The van der Waals surface area contributed by atoms with Crippen LogP contribution in [0.1, 0.15) is 50.5 Å². The molecule has 0 aliphatic carbocycles. The number of aromatic amines is 1. The number of rotatable bonds is 7. The van der Waals surface area contributed by atoms with E-state index < -0.39 is 6.03 Å². The number of urea groups is 1. The van der Waals surface area contributed by atoms with Gasteiger partial charge in [0.05, 0.1) is 12.4 Å². The molecule has 1 aliphatic heterocycles. The minimum atomic E-state index is -0.454. The Morgan fingerprint density at radius 3 is 2.50 bits per heavy atom. The molecule has 38 heavy (non-hydrogen) atoms. The van der Waals surface area contributed by atoms with Gasteiger partial charge in [-0.15, -0.1) is 0 Å². The van der Waals surface area contributed by atoms with Crippen LogP contribution < -0.4 is 10.6 Å². The number of H-pyrrole nitrogens is 1. The van der Waals surface area contributed by atoms with Crippen LogP contribution in [0, 0.1) is 0 Å². The van der Waals surface area contributed by atoms with Gasteiger partial charge in [0.1, 0.15) is 5.15 Å². The molecule has 9 nitrogen and oxygen atoms in total. The fourth-order valence-electron chi connectivity index (χ4n) is 4.53. The number of imidazole rings is 1. The molecule has 2 aromatic carbocycles. The highest BCUT2D eigenvalue weighted by Gasteiger charge is 2.33. The van der Waals surface area contributed by atoms with E-state index in [1.54, 1.807) is 61.2 Å². The van der Waals surface area contributed by atoms with Crippen LogP contribution in [0.4, 0.5) is 16.2 Å². The van der Waals surface area contributed by atoms with Crippen molar-refractivity contribution < 1.29 is 14.4 Å². The number of hydrogen-bond donors (Lipinski definition) is 3. The highest BCUT2D eigenvalue weighted by Crippen LogP contribution is 2.34. The average molecular weight is 529 g/mol. The van der Waals surface area contributed by atoms with Crippen molar-refractivity contribution in [3.05, 3.63) is 106 Å². The summed E-state index contributed by atoms with van der Waals surface area (Å²) < 4.78 is 0. The smallest absolute Gasteiger partial charge is 0.323 e. The van der Waals surface area contributed by atoms with Gasteiger partial charge in [-0.3, -0.25) is 9.59 Å². The SMILES string of the molecule is CC(=O)c1ccc(NC(=O)Nc2ccc3c(c2)C(=O)N(CCc2cnc[nH]2)C(c2ccc(Cl)nc2)C3)cc1. The number of carbonyl (C=O) groups is 3. The minimum absolute atomic E-state index is 0.0482. The van der Waals surface area contributed by atoms with Crippen molar-refractivity contribution >= 4 is 40.7 Å². The Morgan fingerprint density at radius 2 is 1.82 bits per heavy atom. The van der Waals surface area contributed by atoms with E-state index in [0.717, 1.165) is 16.8 Å². The Bertz CT molecular complexity index is 1470. The molecule has 0 radical (unpaired) electrons. The second-order valence-electron chi connectivity index (χ2n) is 9.04. The third-order valence-electron chi connectivity index (χ3n) is 6.51. The number of benzene rings is 2. The van der Waals surface area contributed by atoms with E-state index >= 15 is 0 Å². The van der Waals surface area contributed by atoms with Gasteiger partial charge < -0.3 is 20.5 Å². The minimum Gasteiger partial charge on any atom is -0.348 e. The van der Waals surface area contributed by atoms with Crippen LogP contribution >= 0.6 is 11.6 Å². The van der Waals surface area contributed by atoms with Gasteiger partial charge in [-0.1, -0.05) is 23.7 Å². The van der Waals surface area contributed by atoms with Crippen LogP contribution in [0.15, 0.2) is 73.3 Å². The highest BCUT2D eigenvalue weighted by molar-refractivity contribution is 6.29. The maximum atomic E-state index is 13.7. The first-order chi connectivity index (χ1) is 18.4. The number of ketones is 1. The third kappa shape index (κ3) is 5.57. The van der Waals surface area contributed by atoms with E-state index in [2.05, 4.69) is 25.6 Å². The number of halogens is 1. The zero-order valence-electron chi connectivity index (χ0n) is 20.6. The molecular formula is C28H25ClN6O3. The molecule has 0 saturated heterocycles. The normalized spacial score (nSPS) is 14.6. The zero-order valence-corrected chi connectivity index (χ0v) is 21.3. The van der Waals surface area contributed by atoms with Crippen molar-refractivity contribution in [3.8, 4) is 0 Å². The molecule has 1 unspecified atom stereocenters. The summed E-state index contributed by atoms with van der Waals surface area (Å²) in [7, 11) is 0. The maximum Gasteiger partial charge on any atom is 0.323 e. The number of nitrogens with zero attached hydrogens (tertiary/aromatic N) is 3. The average Bonchev–Trinajstić information content (AvgIpc) is 3.43. The molecule has 3 heterocycles. The first-order valence-corrected chi connectivity index (χ1v) is 12.5. The summed E-state index contributed by atoms with van der Waals surface area (Å²) in [6.45, 7) is 1.96. The first-order valence-electron chi connectivity index (χ1n) is 12.1. The first kappa shape index (κ1) is 25.2. The van der Waals surface area contributed by atoms with Gasteiger partial charge >= 0.3 is 6.03 Å². The lowest BCUT2D eigenvalue weighted by molar-refractivity contribution is 0.0649. The molecule has 3 amide bonds. The van der Waals surface area contributed by atoms with Crippen molar-refractivity contribution in [2.75, 3.05) is 17.2 Å². The van der Waals surface area contributed by atoms with Crippen LogP contribution in [-0.2, 0) is 12.8 Å². The zero-order chi connectivity index (χ0) is 26.6. The lowest BCUT2D eigenvalue weighted by atomic mass is 9.89. The quantitative estimate of drug-likeness (QED) is 0.222. The van der Waals surface area contributed by atoms with Gasteiger partial charge in [0.25, 0.3) is 5.91 Å². The highest BCUT2D eigenvalue weighted by atomic mass is 35.5. The van der Waals surface area contributed by atoms with Crippen LogP contribution in [0.3, 0.4) is 0 Å². The van der Waals surface area contributed by atoms with Crippen molar-refractivity contribution in [2.24, 2.45) is 0 Å². The Morgan fingerprint density at radius 1 is 1.05 bits per heavy atom. The number of fused-ring (bicyclic) bond motifs is 1. The molecule has 1 atom stereocenters. The number of Topliss-reactive ketones (excluding diaryl/α,β-unsaturated/α-hetero) is 1. The van der Waals surface area contributed by atoms with Crippen LogP contribution in [0.2, 0.25) is 5.15 Å². The third-order valence-corrected chi connectivity index (χ3v) is 6.73. The maximum absolute atomic E-state index is 13.7. The number of nitrogens with one attached hydrogen (secondary N) is 3. The molecule has 2 aromatic heterocycles. The lowest BCUT2D eigenvalue weighted by Gasteiger charge is -2.37. The van der Waals surface area contributed by atoms with E-state index in [9.17, 15) is 14.4 Å². The molecule has 0 fully saturated rings. The predicted octanol–water partition coefficient (Wildman–Crippen LogP) is 5.29. The summed E-state index contributed by atoms with van der Waals surface area (Å²) in [5.74, 6) is -0.178. The molecule has 0 saturated carbocycles. The fourth-order valence-corrected chi connectivity index (χ4v) is 4.64. The molecule has 0 bridgehead atoms. The van der Waals surface area contributed by atoms with Crippen molar-refractivity contribution in [1.82, 2.24) is 19.9 Å². The number of aromatic nitrogens is 3. The molecule has 192 valence electrons. The van der Waals surface area contributed by atoms with E-state index in [0.29, 0.717) is 47.0 Å². The Labute approximate surface area is 224 Å². The second-order valence-corrected chi connectivity index (χ2v) is 9.43. The standard InChI is InChI=1S/C28H25ClN6O3/c1-17(36)18-2-6-21(7-3-18)33-28(38)34-22-8-4-19-12-25(20-5-9-26(29)31-14-20)35(27(37)24(19)13-22)11-10-23-15-30-16-32-23/h2-9,13-16,25H,10-12H2,1H3,(H,30,32)(H2,33,34,38). The molecule has 3 N–H and O–H groups in total. The van der Waals surface area contributed by atoms with Crippen molar-refractivity contribution in [3.63, 3.8) is 0 Å². The van der Waals surface area contributed by atoms with Gasteiger partial charge in [-0.25, -0.2) is 14.8 Å². The summed E-state index contributed by atoms with van der Waals surface area (Å²) in [6, 6.07) is 14.9. The molecule has 4 aromatic rings. The summed E-state index contributed by atoms with van der Waals surface area (Å²) >= 11 is 6.00. The van der Waals surface area contributed by atoms with Gasteiger partial charge in [-0.2, -0.15) is 0 Å². The van der Waals surface area contributed by atoms with Gasteiger partial charge in [0.15, 0.2) is 5.78 Å². The van der Waals surface area contributed by atoms with E-state index in [4.69, 9.17) is 11.6 Å².